The zero-order valence-electron chi connectivity index (χ0n) is 17.4. The van der Waals surface area contributed by atoms with Crippen LogP contribution in [0.1, 0.15) is 71.5 Å². The van der Waals surface area contributed by atoms with Gasteiger partial charge in [-0.05, 0) is 36.4 Å². The molecule has 1 aromatic rings. The summed E-state index contributed by atoms with van der Waals surface area (Å²) in [6.45, 7) is 10.9. The Morgan fingerprint density at radius 3 is 2.15 bits per heavy atom. The first-order valence-electron chi connectivity index (χ1n) is 10.6. The van der Waals surface area contributed by atoms with Gasteiger partial charge in [-0.15, -0.1) is 0 Å². The molecule has 0 aliphatic heterocycles. The summed E-state index contributed by atoms with van der Waals surface area (Å²) >= 11 is 13.0. The average molecular weight is 432 g/mol. The van der Waals surface area contributed by atoms with Gasteiger partial charge in [0.15, 0.2) is 8.32 Å². The van der Waals surface area contributed by atoms with E-state index in [-0.39, 0.29) is 6.10 Å². The minimum Gasteiger partial charge on any atom is -0.409 e. The van der Waals surface area contributed by atoms with E-state index in [0.29, 0.717) is 15.5 Å². The van der Waals surface area contributed by atoms with Crippen LogP contribution in [0.15, 0.2) is 12.4 Å². The van der Waals surface area contributed by atoms with E-state index in [2.05, 4.69) is 38.0 Å². The number of nitrogens with zero attached hydrogens (tertiary/aromatic N) is 1. The highest BCUT2D eigenvalue weighted by Crippen LogP contribution is 2.37. The molecule has 2 rings (SSSR count). The molecule has 1 saturated carbocycles. The molecule has 27 heavy (non-hydrogen) atoms. The molecule has 0 bridgehead atoms. The van der Waals surface area contributed by atoms with Crippen LogP contribution >= 0.6 is 23.2 Å². The standard InChI is InChI=1S/C21H36Cl2N2OSi/c1-5-27(6-2,7-3)26-19(20-17(22)13-24-14-18(20)23)15-25-16-21(4)11-9-8-10-12-21/h13-14,19,25H,5-12,15-16H2,1-4H3. The maximum Gasteiger partial charge on any atom is 0.192 e. The summed E-state index contributed by atoms with van der Waals surface area (Å²) in [7, 11) is -1.80. The first-order chi connectivity index (χ1) is 12.9. The Kier molecular flexibility index (Phi) is 9.08. The molecule has 154 valence electrons. The van der Waals surface area contributed by atoms with Gasteiger partial charge in [0, 0.05) is 31.0 Å². The number of hydrogen-bond acceptors (Lipinski definition) is 3. The number of nitrogens with one attached hydrogen (secondary N) is 1. The van der Waals surface area contributed by atoms with Gasteiger partial charge in [0.1, 0.15) is 0 Å². The molecule has 0 aromatic carbocycles. The lowest BCUT2D eigenvalue weighted by Crippen LogP contribution is -2.42. The van der Waals surface area contributed by atoms with Crippen molar-refractivity contribution in [3.05, 3.63) is 28.0 Å². The normalized spacial score (nSPS) is 18.4. The van der Waals surface area contributed by atoms with E-state index in [1.165, 1.54) is 32.1 Å². The molecule has 0 spiro atoms. The second-order valence-electron chi connectivity index (χ2n) is 8.37. The van der Waals surface area contributed by atoms with Gasteiger partial charge in [0.05, 0.1) is 16.1 Å². The third-order valence-corrected chi connectivity index (χ3v) is 11.7. The highest BCUT2D eigenvalue weighted by molar-refractivity contribution is 6.73. The van der Waals surface area contributed by atoms with Gasteiger partial charge < -0.3 is 9.74 Å². The molecule has 3 nitrogen and oxygen atoms in total. The lowest BCUT2D eigenvalue weighted by molar-refractivity contribution is 0.163. The Bertz CT molecular complexity index is 561. The van der Waals surface area contributed by atoms with E-state index >= 15 is 0 Å². The van der Waals surface area contributed by atoms with E-state index in [1.54, 1.807) is 12.4 Å². The van der Waals surface area contributed by atoms with Gasteiger partial charge >= 0.3 is 0 Å². The topological polar surface area (TPSA) is 34.1 Å². The molecule has 1 aliphatic rings. The molecule has 0 saturated heterocycles. The Balaban J connectivity index is 2.16. The molecule has 1 atom stereocenters. The first kappa shape index (κ1) is 23.1. The van der Waals surface area contributed by atoms with Crippen LogP contribution in [0, 0.1) is 5.41 Å². The van der Waals surface area contributed by atoms with E-state index in [4.69, 9.17) is 27.6 Å². The molecule has 1 N–H and O–H groups in total. The molecule has 6 heteroatoms. The Labute approximate surface area is 176 Å². The van der Waals surface area contributed by atoms with Crippen molar-refractivity contribution in [3.8, 4) is 0 Å². The van der Waals surface area contributed by atoms with Gasteiger partial charge in [-0.25, -0.2) is 0 Å². The lowest BCUT2D eigenvalue weighted by Gasteiger charge is -2.37. The number of rotatable bonds is 10. The molecule has 0 amide bonds. The minimum atomic E-state index is -1.80. The highest BCUT2D eigenvalue weighted by Gasteiger charge is 2.34. The molecule has 1 unspecified atom stereocenters. The van der Waals surface area contributed by atoms with Crippen molar-refractivity contribution >= 4 is 31.5 Å². The number of hydrogen-bond donors (Lipinski definition) is 1. The molecule has 1 heterocycles. The van der Waals surface area contributed by atoms with Crippen LogP contribution in [-0.4, -0.2) is 26.4 Å². The first-order valence-corrected chi connectivity index (χ1v) is 13.8. The van der Waals surface area contributed by atoms with Gasteiger partial charge in [-0.2, -0.15) is 0 Å². The summed E-state index contributed by atoms with van der Waals surface area (Å²) in [5, 5.41) is 4.91. The number of halogens is 2. The monoisotopic (exact) mass is 430 g/mol. The van der Waals surface area contributed by atoms with E-state index in [0.717, 1.165) is 36.8 Å². The summed E-state index contributed by atoms with van der Waals surface area (Å²) in [5.74, 6) is 0. The summed E-state index contributed by atoms with van der Waals surface area (Å²) in [4.78, 5) is 4.12. The van der Waals surface area contributed by atoms with Crippen molar-refractivity contribution in [1.29, 1.82) is 0 Å². The van der Waals surface area contributed by atoms with E-state index in [9.17, 15) is 0 Å². The smallest absolute Gasteiger partial charge is 0.192 e. The fourth-order valence-electron chi connectivity index (χ4n) is 4.32. The van der Waals surface area contributed by atoms with Crippen molar-refractivity contribution in [1.82, 2.24) is 10.3 Å². The second-order valence-corrected chi connectivity index (χ2v) is 13.9. The molecule has 0 radical (unpaired) electrons. The quantitative estimate of drug-likeness (QED) is 0.405. The minimum absolute atomic E-state index is 0.119. The molecule has 1 fully saturated rings. The van der Waals surface area contributed by atoms with Crippen molar-refractivity contribution < 1.29 is 4.43 Å². The zero-order chi connectivity index (χ0) is 19.9. The van der Waals surface area contributed by atoms with Crippen LogP contribution < -0.4 is 5.32 Å². The Hall–Kier alpha value is -0.133. The fraction of sp³-hybridized carbons (Fsp3) is 0.762. The van der Waals surface area contributed by atoms with Crippen LogP contribution in [0.25, 0.3) is 0 Å². The Morgan fingerprint density at radius 2 is 1.63 bits per heavy atom. The van der Waals surface area contributed by atoms with Crippen LogP contribution in [0.3, 0.4) is 0 Å². The zero-order valence-corrected chi connectivity index (χ0v) is 19.9. The predicted octanol–water partition coefficient (Wildman–Crippen LogP) is 7.01. The van der Waals surface area contributed by atoms with Crippen LogP contribution in [0.4, 0.5) is 0 Å². The van der Waals surface area contributed by atoms with Crippen LogP contribution in [0.5, 0.6) is 0 Å². The van der Waals surface area contributed by atoms with E-state index in [1.807, 2.05) is 0 Å². The lowest BCUT2D eigenvalue weighted by atomic mass is 9.76. The highest BCUT2D eigenvalue weighted by atomic mass is 35.5. The molecular formula is C21H36Cl2N2OSi. The van der Waals surface area contributed by atoms with Crippen molar-refractivity contribution in [2.75, 3.05) is 13.1 Å². The molecule has 1 aliphatic carbocycles. The van der Waals surface area contributed by atoms with Gasteiger partial charge in [0.25, 0.3) is 0 Å². The largest absolute Gasteiger partial charge is 0.409 e. The SMILES string of the molecule is CC[Si](CC)(CC)OC(CNCC1(C)CCCCC1)c1c(Cl)cncc1Cl. The Morgan fingerprint density at radius 1 is 1.07 bits per heavy atom. The van der Waals surface area contributed by atoms with Gasteiger partial charge in [-0.3, -0.25) is 4.98 Å². The molecule has 1 aromatic heterocycles. The average Bonchev–Trinajstić information content (AvgIpc) is 2.66. The van der Waals surface area contributed by atoms with E-state index < -0.39 is 8.32 Å². The number of pyridine rings is 1. The van der Waals surface area contributed by atoms with Crippen molar-refractivity contribution in [2.24, 2.45) is 5.41 Å². The van der Waals surface area contributed by atoms with Crippen molar-refractivity contribution in [2.45, 2.75) is 84.0 Å². The maximum atomic E-state index is 6.84. The van der Waals surface area contributed by atoms with Gasteiger partial charge in [-0.1, -0.05) is 70.2 Å². The maximum absolute atomic E-state index is 6.84. The van der Waals surface area contributed by atoms with Crippen LogP contribution in [0.2, 0.25) is 28.2 Å². The van der Waals surface area contributed by atoms with Gasteiger partial charge in [0.2, 0.25) is 0 Å². The van der Waals surface area contributed by atoms with Crippen LogP contribution in [-0.2, 0) is 4.43 Å². The van der Waals surface area contributed by atoms with Crippen molar-refractivity contribution in [3.63, 3.8) is 0 Å². The summed E-state index contributed by atoms with van der Waals surface area (Å²) < 4.78 is 6.84. The fourth-order valence-corrected chi connectivity index (χ4v) is 7.73. The molecular weight excluding hydrogens is 395 g/mol. The summed E-state index contributed by atoms with van der Waals surface area (Å²) in [6, 6.07) is 3.32. The third-order valence-electron chi connectivity index (χ3n) is 6.48. The summed E-state index contributed by atoms with van der Waals surface area (Å²) in [6.07, 6.45) is 9.91. The number of aromatic nitrogens is 1. The predicted molar refractivity (Wildman–Crippen MR) is 119 cm³/mol. The third kappa shape index (κ3) is 6.17. The summed E-state index contributed by atoms with van der Waals surface area (Å²) in [5.41, 5.74) is 1.28. The second kappa shape index (κ2) is 10.6.